The molecule has 1 aliphatic carbocycles. The summed E-state index contributed by atoms with van der Waals surface area (Å²) in [6.07, 6.45) is 10.7. The largest absolute Gasteiger partial charge is 0.456 e. The number of fused-ring (bicyclic) bond motifs is 17. The minimum Gasteiger partial charge on any atom is -0.456 e. The minimum absolute atomic E-state index is 0.0549. The SMILES string of the molecule is C1=Cc2c(cccc2/C2=C3\Cc4ccc5c6cc7ccccc7cc6n(c5c4)-c4c(ccc5sc6ccccc6c45)\C3=N\C(c3ccc4c(c3)oc3ccccc34)CCC2)CC1. The standard InChI is InChI=1S/C58H40N2OS/c1-2-13-37-32-51-47(31-36(37)12-1)42-25-23-34-29-48-41(40-18-9-14-35-11-3-4-15-39(35)40)19-10-20-49(38-24-26-44-43-16-5-7-21-52(43)61-53(44)33-38)59-57(48)46-27-28-55-56(58(46)60(51)50(42)30-34)45-17-6-8-22-54(45)62-55/h1-2,4-9,12-18,21-28,30-33,49H,3,10-11,19-20,29H2/b48-41+,59-57-. The Bertz CT molecular complexity index is 3830. The Balaban J connectivity index is 1.14. The van der Waals surface area contributed by atoms with Crippen molar-refractivity contribution in [1.29, 1.82) is 0 Å². The molecular formula is C58H40N2OS. The van der Waals surface area contributed by atoms with Crippen molar-refractivity contribution in [2.75, 3.05) is 0 Å². The average Bonchev–Trinajstić information content (AvgIpc) is 3.98. The molecule has 0 saturated carbocycles. The van der Waals surface area contributed by atoms with Crippen LogP contribution >= 0.6 is 11.3 Å². The lowest BCUT2D eigenvalue weighted by atomic mass is 9.81. The predicted molar refractivity (Wildman–Crippen MR) is 262 cm³/mol. The molecule has 2 aliphatic heterocycles. The van der Waals surface area contributed by atoms with Crippen molar-refractivity contribution < 1.29 is 4.42 Å². The average molecular weight is 813 g/mol. The number of thiophene rings is 1. The van der Waals surface area contributed by atoms with Crippen molar-refractivity contribution in [1.82, 2.24) is 4.57 Å². The van der Waals surface area contributed by atoms with E-state index in [1.54, 1.807) is 0 Å². The molecule has 11 aromatic rings. The second kappa shape index (κ2) is 13.2. The Hall–Kier alpha value is -7.01. The quantitative estimate of drug-likeness (QED) is 0.171. The van der Waals surface area contributed by atoms with E-state index in [-0.39, 0.29) is 6.04 Å². The maximum absolute atomic E-state index is 6.52. The molecule has 0 amide bonds. The topological polar surface area (TPSA) is 30.4 Å². The fraction of sp³-hybridized carbons (Fsp3) is 0.121. The van der Waals surface area contributed by atoms with Crippen LogP contribution in [0.5, 0.6) is 0 Å². The van der Waals surface area contributed by atoms with Crippen molar-refractivity contribution in [2.45, 2.75) is 44.6 Å². The zero-order valence-corrected chi connectivity index (χ0v) is 34.9. The Labute approximate surface area is 362 Å². The van der Waals surface area contributed by atoms with Crippen molar-refractivity contribution in [2.24, 2.45) is 4.99 Å². The molecule has 3 nitrogen and oxygen atoms in total. The van der Waals surface area contributed by atoms with E-state index >= 15 is 0 Å². The first-order valence-electron chi connectivity index (χ1n) is 22.1. The third kappa shape index (κ3) is 5.08. The van der Waals surface area contributed by atoms with Crippen LogP contribution in [0.3, 0.4) is 0 Å². The first-order valence-corrected chi connectivity index (χ1v) is 22.9. The first-order chi connectivity index (χ1) is 30.7. The zero-order valence-electron chi connectivity index (χ0n) is 34.1. The molecule has 0 radical (unpaired) electrons. The number of rotatable bonds is 2. The number of para-hydroxylation sites is 1. The summed E-state index contributed by atoms with van der Waals surface area (Å²) in [7, 11) is 0. The van der Waals surface area contributed by atoms with Gasteiger partial charge in [0, 0.05) is 47.3 Å². The van der Waals surface area contributed by atoms with Crippen molar-refractivity contribution in [3.63, 3.8) is 0 Å². The van der Waals surface area contributed by atoms with E-state index in [0.717, 1.165) is 66.2 Å². The summed E-state index contributed by atoms with van der Waals surface area (Å²) in [5.41, 5.74) is 17.3. The second-order valence-corrected chi connectivity index (χ2v) is 18.6. The second-order valence-electron chi connectivity index (χ2n) is 17.5. The molecule has 0 saturated heterocycles. The van der Waals surface area contributed by atoms with Crippen LogP contribution in [0.4, 0.5) is 0 Å². The summed E-state index contributed by atoms with van der Waals surface area (Å²) >= 11 is 1.89. The van der Waals surface area contributed by atoms with Crippen LogP contribution in [0.1, 0.15) is 65.1 Å². The molecule has 5 heterocycles. The number of hydrogen-bond donors (Lipinski definition) is 0. The lowest BCUT2D eigenvalue weighted by Crippen LogP contribution is -2.17. The van der Waals surface area contributed by atoms with Gasteiger partial charge < -0.3 is 8.98 Å². The summed E-state index contributed by atoms with van der Waals surface area (Å²) < 4.78 is 11.7. The predicted octanol–water partition coefficient (Wildman–Crippen LogP) is 15.9. The summed E-state index contributed by atoms with van der Waals surface area (Å²) in [5.74, 6) is 0. The monoisotopic (exact) mass is 812 g/mol. The normalized spacial score (nSPS) is 18.5. The molecule has 62 heavy (non-hydrogen) atoms. The smallest absolute Gasteiger partial charge is 0.135 e. The lowest BCUT2D eigenvalue weighted by molar-refractivity contribution is 0.615. The molecule has 4 heteroatoms. The molecule has 14 rings (SSSR count). The molecule has 0 spiro atoms. The third-order valence-electron chi connectivity index (χ3n) is 14.1. The van der Waals surface area contributed by atoms with Crippen LogP contribution in [0, 0.1) is 0 Å². The van der Waals surface area contributed by atoms with Crippen LogP contribution in [0.25, 0.3) is 92.0 Å². The van der Waals surface area contributed by atoms with E-state index in [2.05, 4.69) is 168 Å². The Kier molecular flexibility index (Phi) is 7.41. The van der Waals surface area contributed by atoms with Gasteiger partial charge in [0.25, 0.3) is 0 Å². The third-order valence-corrected chi connectivity index (χ3v) is 15.2. The van der Waals surface area contributed by atoms with Crippen molar-refractivity contribution in [3.8, 4) is 5.69 Å². The molecule has 3 aromatic heterocycles. The van der Waals surface area contributed by atoms with E-state index < -0.39 is 0 Å². The highest BCUT2D eigenvalue weighted by molar-refractivity contribution is 7.25. The lowest BCUT2D eigenvalue weighted by Gasteiger charge is -2.27. The summed E-state index contributed by atoms with van der Waals surface area (Å²) in [6, 6.07) is 56.9. The number of nitrogens with zero attached hydrogens (tertiary/aromatic N) is 2. The van der Waals surface area contributed by atoms with Crippen molar-refractivity contribution in [3.05, 3.63) is 197 Å². The Morgan fingerprint density at radius 3 is 2.37 bits per heavy atom. The van der Waals surface area contributed by atoms with Gasteiger partial charge in [0.2, 0.25) is 0 Å². The molecule has 1 atom stereocenters. The molecule has 2 bridgehead atoms. The molecule has 0 N–H and O–H groups in total. The van der Waals surface area contributed by atoms with Gasteiger partial charge in [-0.3, -0.25) is 4.99 Å². The van der Waals surface area contributed by atoms with Gasteiger partial charge in [-0.15, -0.1) is 11.3 Å². The van der Waals surface area contributed by atoms with Gasteiger partial charge in [0.1, 0.15) is 11.2 Å². The van der Waals surface area contributed by atoms with Crippen LogP contribution in [0.2, 0.25) is 0 Å². The number of allylic oxidation sites excluding steroid dienone is 3. The first kappa shape index (κ1) is 34.7. The molecular weight excluding hydrogens is 773 g/mol. The maximum Gasteiger partial charge on any atom is 0.135 e. The number of hydrogen-bond acceptors (Lipinski definition) is 3. The van der Waals surface area contributed by atoms with E-state index in [1.165, 1.54) is 103 Å². The fourth-order valence-electron chi connectivity index (χ4n) is 11.2. The van der Waals surface area contributed by atoms with E-state index in [1.807, 2.05) is 11.3 Å². The Morgan fingerprint density at radius 1 is 0.597 bits per heavy atom. The van der Waals surface area contributed by atoms with E-state index in [4.69, 9.17) is 9.41 Å². The van der Waals surface area contributed by atoms with Gasteiger partial charge in [-0.25, -0.2) is 0 Å². The maximum atomic E-state index is 6.52. The van der Waals surface area contributed by atoms with Gasteiger partial charge in [-0.05, 0) is 137 Å². The summed E-state index contributed by atoms with van der Waals surface area (Å²) in [4.78, 5) is 6.14. The summed E-state index contributed by atoms with van der Waals surface area (Å²) in [5, 5.41) is 9.98. The van der Waals surface area contributed by atoms with Gasteiger partial charge in [-0.2, -0.15) is 0 Å². The number of aliphatic imine (C=N–C) groups is 1. The number of benzene rings is 8. The van der Waals surface area contributed by atoms with Gasteiger partial charge in [0.15, 0.2) is 0 Å². The van der Waals surface area contributed by atoms with Gasteiger partial charge in [-0.1, -0.05) is 115 Å². The highest BCUT2D eigenvalue weighted by Crippen LogP contribution is 2.47. The zero-order chi connectivity index (χ0) is 40.5. The van der Waals surface area contributed by atoms with Gasteiger partial charge in [0.05, 0.1) is 28.5 Å². The van der Waals surface area contributed by atoms with E-state index in [9.17, 15) is 0 Å². The Morgan fingerprint density at radius 2 is 1.42 bits per heavy atom. The molecule has 0 fully saturated rings. The van der Waals surface area contributed by atoms with Crippen LogP contribution in [-0.2, 0) is 12.8 Å². The number of aryl methyl sites for hydroxylation is 1. The minimum atomic E-state index is -0.0549. The molecule has 1 unspecified atom stereocenters. The van der Waals surface area contributed by atoms with Gasteiger partial charge >= 0.3 is 0 Å². The fourth-order valence-corrected chi connectivity index (χ4v) is 12.3. The molecule has 8 aromatic carbocycles. The number of aromatic nitrogens is 1. The highest BCUT2D eigenvalue weighted by atomic mass is 32.1. The van der Waals surface area contributed by atoms with Crippen LogP contribution in [-0.4, -0.2) is 10.3 Å². The van der Waals surface area contributed by atoms with Crippen LogP contribution < -0.4 is 0 Å². The molecule has 3 aliphatic rings. The highest BCUT2D eigenvalue weighted by Gasteiger charge is 2.31. The van der Waals surface area contributed by atoms with Crippen molar-refractivity contribution >= 4 is 103 Å². The molecule has 294 valence electrons. The van der Waals surface area contributed by atoms with E-state index in [0.29, 0.717) is 0 Å². The number of furan rings is 1. The summed E-state index contributed by atoms with van der Waals surface area (Å²) in [6.45, 7) is 0. The van der Waals surface area contributed by atoms with Crippen LogP contribution in [0.15, 0.2) is 173 Å².